The van der Waals surface area contributed by atoms with Gasteiger partial charge >= 0.3 is 12.0 Å². The number of rotatable bonds is 2. The topological polar surface area (TPSA) is 129 Å². The number of carboxylic acids is 1. The minimum absolute atomic E-state index is 0.00617. The lowest BCUT2D eigenvalue weighted by atomic mass is 9.96. The minimum Gasteiger partial charge on any atom is -0.478 e. The van der Waals surface area contributed by atoms with Crippen LogP contribution in [-0.2, 0) is 0 Å². The summed E-state index contributed by atoms with van der Waals surface area (Å²) < 4.78 is 0. The number of hydrogen-bond donors (Lipinski definition) is 1. The van der Waals surface area contributed by atoms with Gasteiger partial charge in [0.2, 0.25) is 0 Å². The van der Waals surface area contributed by atoms with E-state index in [9.17, 15) is 28.8 Å². The van der Waals surface area contributed by atoms with Gasteiger partial charge in [0.15, 0.2) is 0 Å². The maximum atomic E-state index is 13.2. The van der Waals surface area contributed by atoms with Gasteiger partial charge in [0.25, 0.3) is 23.6 Å². The predicted octanol–water partition coefficient (Wildman–Crippen LogP) is 3.06. The average molecular weight is 440 g/mol. The number of carbonyl (C=O) groups is 6. The minimum atomic E-state index is -1.35. The van der Waals surface area contributed by atoms with Crippen molar-refractivity contribution in [3.63, 3.8) is 0 Å². The molecule has 2 aliphatic heterocycles. The van der Waals surface area contributed by atoms with Crippen molar-refractivity contribution in [2.75, 3.05) is 0 Å². The molecule has 0 aliphatic carbocycles. The number of aromatic carboxylic acids is 1. The summed E-state index contributed by atoms with van der Waals surface area (Å²) in [6, 6.07) is 14.5. The lowest BCUT2D eigenvalue weighted by Crippen LogP contribution is -2.48. The van der Waals surface area contributed by atoms with Gasteiger partial charge < -0.3 is 5.11 Å². The van der Waals surface area contributed by atoms with Crippen molar-refractivity contribution in [1.82, 2.24) is 9.80 Å². The van der Waals surface area contributed by atoms with Crippen LogP contribution in [0.15, 0.2) is 66.7 Å². The second kappa shape index (κ2) is 7.06. The number of carboxylic acid groups (broad SMARTS) is 1. The molecule has 2 heterocycles. The van der Waals surface area contributed by atoms with Crippen molar-refractivity contribution >= 4 is 35.6 Å². The van der Waals surface area contributed by atoms with E-state index in [4.69, 9.17) is 5.11 Å². The summed E-state index contributed by atoms with van der Waals surface area (Å²) in [6.45, 7) is 0. The Morgan fingerprint density at radius 3 is 1.64 bits per heavy atom. The molecule has 2 aliphatic rings. The van der Waals surface area contributed by atoms with Gasteiger partial charge in [-0.05, 0) is 41.5 Å². The van der Waals surface area contributed by atoms with Crippen molar-refractivity contribution in [3.05, 3.63) is 94.5 Å². The molecule has 0 aromatic heterocycles. The molecule has 0 bridgehead atoms. The quantitative estimate of drug-likeness (QED) is 0.606. The van der Waals surface area contributed by atoms with Crippen LogP contribution in [-0.4, -0.2) is 50.5 Å². The molecule has 1 N–H and O–H groups in total. The Hall–Kier alpha value is -4.92. The summed E-state index contributed by atoms with van der Waals surface area (Å²) >= 11 is 0. The lowest BCUT2D eigenvalue weighted by molar-refractivity contribution is 0.0600. The van der Waals surface area contributed by atoms with Crippen molar-refractivity contribution in [2.24, 2.45) is 0 Å². The highest BCUT2D eigenvalue weighted by Gasteiger charge is 2.49. The highest BCUT2D eigenvalue weighted by Crippen LogP contribution is 2.34. The third-order valence-corrected chi connectivity index (χ3v) is 5.53. The Morgan fingerprint density at radius 2 is 1.06 bits per heavy atom. The molecular weight excluding hydrogens is 428 g/mol. The number of amides is 6. The molecule has 0 fully saturated rings. The third-order valence-electron chi connectivity index (χ3n) is 5.53. The van der Waals surface area contributed by atoms with Crippen LogP contribution in [0.4, 0.5) is 4.79 Å². The fourth-order valence-corrected chi connectivity index (χ4v) is 3.96. The molecule has 6 amide bonds. The smallest absolute Gasteiger partial charge is 0.348 e. The van der Waals surface area contributed by atoms with Crippen LogP contribution >= 0.6 is 0 Å². The Balaban J connectivity index is 1.54. The lowest BCUT2D eigenvalue weighted by Gasteiger charge is -2.18. The van der Waals surface area contributed by atoms with Gasteiger partial charge in [-0.15, -0.1) is 0 Å². The van der Waals surface area contributed by atoms with E-state index in [0.717, 1.165) is 0 Å². The van der Waals surface area contributed by atoms with E-state index in [1.165, 1.54) is 60.7 Å². The van der Waals surface area contributed by atoms with Crippen LogP contribution in [0.5, 0.6) is 0 Å². The third kappa shape index (κ3) is 2.79. The highest BCUT2D eigenvalue weighted by atomic mass is 16.4. The van der Waals surface area contributed by atoms with E-state index in [1.54, 1.807) is 6.07 Å². The summed E-state index contributed by atoms with van der Waals surface area (Å²) in [6.07, 6.45) is 0. The molecular formula is C24H12N2O7. The molecule has 0 atom stereocenters. The second-order valence-corrected chi connectivity index (χ2v) is 7.33. The average Bonchev–Trinajstić information content (AvgIpc) is 3.23. The number of hydrogen-bond acceptors (Lipinski definition) is 6. The van der Waals surface area contributed by atoms with Crippen molar-refractivity contribution in [3.8, 4) is 11.1 Å². The molecule has 3 aromatic carbocycles. The molecule has 0 saturated carbocycles. The maximum absolute atomic E-state index is 13.2. The van der Waals surface area contributed by atoms with E-state index in [2.05, 4.69) is 0 Å². The summed E-state index contributed by atoms with van der Waals surface area (Å²) in [5.74, 6) is -4.89. The van der Waals surface area contributed by atoms with Crippen molar-refractivity contribution in [2.45, 2.75) is 0 Å². The summed E-state index contributed by atoms with van der Waals surface area (Å²) in [4.78, 5) is 76.3. The molecule has 0 spiro atoms. The van der Waals surface area contributed by atoms with Crippen LogP contribution < -0.4 is 0 Å². The molecule has 0 unspecified atom stereocenters. The Morgan fingerprint density at radius 1 is 0.576 bits per heavy atom. The summed E-state index contributed by atoms with van der Waals surface area (Å²) in [5.41, 5.74) is 0.670. The molecule has 9 nitrogen and oxygen atoms in total. The Kier molecular flexibility index (Phi) is 4.28. The monoisotopic (exact) mass is 440 g/mol. The largest absolute Gasteiger partial charge is 0.478 e. The number of nitrogens with zero attached hydrogens (tertiary/aromatic N) is 2. The van der Waals surface area contributed by atoms with Gasteiger partial charge in [-0.1, -0.05) is 36.4 Å². The second-order valence-electron chi connectivity index (χ2n) is 7.33. The summed E-state index contributed by atoms with van der Waals surface area (Å²) in [7, 11) is 0. The summed E-state index contributed by atoms with van der Waals surface area (Å²) in [5, 5.41) is 9.08. The molecule has 160 valence electrons. The van der Waals surface area contributed by atoms with Gasteiger partial charge in [-0.2, -0.15) is 9.80 Å². The van der Waals surface area contributed by atoms with Crippen LogP contribution in [0.3, 0.4) is 0 Å². The van der Waals surface area contributed by atoms with Crippen molar-refractivity contribution in [1.29, 1.82) is 0 Å². The zero-order valence-corrected chi connectivity index (χ0v) is 16.6. The van der Waals surface area contributed by atoms with E-state index in [0.29, 0.717) is 11.1 Å². The first kappa shape index (κ1) is 20.0. The first-order valence-electron chi connectivity index (χ1n) is 9.68. The van der Waals surface area contributed by atoms with E-state index in [1.807, 2.05) is 0 Å². The predicted molar refractivity (Wildman–Crippen MR) is 112 cm³/mol. The van der Waals surface area contributed by atoms with E-state index >= 15 is 0 Å². The Bertz CT molecular complexity index is 1400. The van der Waals surface area contributed by atoms with E-state index < -0.39 is 35.6 Å². The van der Waals surface area contributed by atoms with Gasteiger partial charge in [0, 0.05) is 0 Å². The number of imide groups is 6. The SMILES string of the molecule is O=C(O)c1ccc(-c2cccc3c2C(=O)N(C(=O)N2C(=O)c4ccccc4C2=O)C3=O)cc1. The maximum Gasteiger partial charge on any atom is 0.348 e. The standard InChI is InChI=1S/C24H12N2O7/c27-19-15-4-1-2-5-16(15)20(28)25(19)24(33)26-21(29)17-7-3-6-14(18(17)22(26)30)12-8-10-13(11-9-12)23(31)32/h1-11H,(H,31,32). The zero-order chi connectivity index (χ0) is 23.4. The van der Waals surface area contributed by atoms with Crippen LogP contribution in [0.1, 0.15) is 51.8 Å². The fourth-order valence-electron chi connectivity index (χ4n) is 3.96. The van der Waals surface area contributed by atoms with Gasteiger partial charge in [-0.25, -0.2) is 9.59 Å². The van der Waals surface area contributed by atoms with Crippen molar-refractivity contribution < 1.29 is 33.9 Å². The first-order chi connectivity index (χ1) is 15.8. The molecule has 0 radical (unpaired) electrons. The Labute approximate surface area is 185 Å². The molecule has 33 heavy (non-hydrogen) atoms. The molecule has 5 rings (SSSR count). The van der Waals surface area contributed by atoms with Gasteiger partial charge in [-0.3, -0.25) is 19.2 Å². The number of carbonyl (C=O) groups excluding carboxylic acids is 5. The van der Waals surface area contributed by atoms with Crippen LogP contribution in [0, 0.1) is 0 Å². The zero-order valence-electron chi connectivity index (χ0n) is 16.6. The van der Waals surface area contributed by atoms with Gasteiger partial charge in [0.05, 0.1) is 27.8 Å². The normalized spacial score (nSPS) is 14.5. The van der Waals surface area contributed by atoms with E-state index in [-0.39, 0.29) is 37.6 Å². The molecule has 9 heteroatoms. The number of fused-ring (bicyclic) bond motifs is 2. The van der Waals surface area contributed by atoms with Crippen LogP contribution in [0.25, 0.3) is 11.1 Å². The van der Waals surface area contributed by atoms with Crippen LogP contribution in [0.2, 0.25) is 0 Å². The highest BCUT2D eigenvalue weighted by molar-refractivity contribution is 6.36. The number of benzene rings is 3. The van der Waals surface area contributed by atoms with Gasteiger partial charge in [0.1, 0.15) is 0 Å². The first-order valence-corrected chi connectivity index (χ1v) is 9.68. The molecule has 0 saturated heterocycles. The number of urea groups is 1. The fraction of sp³-hybridized carbons (Fsp3) is 0. The molecule has 3 aromatic rings.